The van der Waals surface area contributed by atoms with E-state index >= 15 is 0 Å². The number of benzene rings is 2. The van der Waals surface area contributed by atoms with Crippen LogP contribution in [0.25, 0.3) is 0 Å². The minimum atomic E-state index is -0.593. The average Bonchev–Trinajstić information content (AvgIpc) is 3.18. The lowest BCUT2D eigenvalue weighted by Crippen LogP contribution is -2.41. The zero-order chi connectivity index (χ0) is 26.0. The lowest BCUT2D eigenvalue weighted by molar-refractivity contribution is -0.126. The third-order valence-corrected chi connectivity index (χ3v) is 8.33. The number of likely N-dealkylation sites (N-methyl/N-ethyl adjacent to an activating group) is 2. The number of rotatable bonds is 2. The Hall–Kier alpha value is -4.09. The molecule has 0 aromatic heterocycles. The molecule has 5 heteroatoms. The summed E-state index contributed by atoms with van der Waals surface area (Å²) < 4.78 is 0. The SMILES string of the molecule is CN1/C(=C\C2C(=O)C(/C=C3\N(C)c4ccccc4C3(C)C)C2=C(C#N)C#N)C(C)(C)c2ccccc21. The highest BCUT2D eigenvalue weighted by Gasteiger charge is 2.49. The van der Waals surface area contributed by atoms with Crippen molar-refractivity contribution in [3.63, 3.8) is 0 Å². The number of carbonyl (C=O) groups is 1. The number of nitrogens with zero attached hydrogens (tertiary/aromatic N) is 4. The molecule has 1 aliphatic carbocycles. The molecule has 2 aromatic carbocycles. The Labute approximate surface area is 213 Å². The molecule has 180 valence electrons. The van der Waals surface area contributed by atoms with E-state index in [-0.39, 0.29) is 22.2 Å². The maximum Gasteiger partial charge on any atom is 0.155 e. The molecular formula is C31H30N4O. The smallest absolute Gasteiger partial charge is 0.155 e. The van der Waals surface area contributed by atoms with Crippen molar-refractivity contribution in [3.05, 3.63) is 94.4 Å². The standard InChI is InChI=1S/C31H30N4O/c1-30(2)22-11-7-9-13-24(22)34(5)26(30)15-20-28(19(17-32)18-33)21(29(20)36)16-27-31(3,4)23-12-8-10-14-25(23)35(27)6/h7-16,20-21H,1-6H3/b26-15-,27-16-. The van der Waals surface area contributed by atoms with Crippen LogP contribution < -0.4 is 9.80 Å². The molecule has 0 radical (unpaired) electrons. The molecule has 0 amide bonds. The molecule has 5 rings (SSSR count). The van der Waals surface area contributed by atoms with Gasteiger partial charge in [-0.25, -0.2) is 0 Å². The topological polar surface area (TPSA) is 71.1 Å². The van der Waals surface area contributed by atoms with Crippen LogP contribution in [-0.4, -0.2) is 19.9 Å². The number of ketones is 1. The Morgan fingerprint density at radius 2 is 1.17 bits per heavy atom. The van der Waals surface area contributed by atoms with Gasteiger partial charge in [-0.3, -0.25) is 4.79 Å². The van der Waals surface area contributed by atoms with Gasteiger partial charge in [-0.05, 0) is 41.0 Å². The fourth-order valence-electron chi connectivity index (χ4n) is 6.33. The molecule has 0 bridgehead atoms. The normalized spacial score (nSPS) is 25.3. The van der Waals surface area contributed by atoms with E-state index in [2.05, 4.69) is 73.9 Å². The fourth-order valence-corrected chi connectivity index (χ4v) is 6.33. The monoisotopic (exact) mass is 474 g/mol. The summed E-state index contributed by atoms with van der Waals surface area (Å²) in [7, 11) is 4.02. The highest BCUT2D eigenvalue weighted by molar-refractivity contribution is 6.01. The number of anilines is 2. The second-order valence-corrected chi connectivity index (χ2v) is 10.9. The summed E-state index contributed by atoms with van der Waals surface area (Å²) in [5, 5.41) is 19.6. The first-order valence-electron chi connectivity index (χ1n) is 12.2. The van der Waals surface area contributed by atoms with Crippen LogP contribution in [0.15, 0.2) is 83.2 Å². The lowest BCUT2D eigenvalue weighted by atomic mass is 9.64. The van der Waals surface area contributed by atoms with E-state index in [4.69, 9.17) is 0 Å². The summed E-state index contributed by atoms with van der Waals surface area (Å²) in [4.78, 5) is 17.9. The largest absolute Gasteiger partial charge is 0.347 e. The Morgan fingerprint density at radius 1 is 0.778 bits per heavy atom. The number of carbonyl (C=O) groups excluding carboxylic acids is 1. The second kappa shape index (κ2) is 7.97. The molecule has 2 unspecified atom stereocenters. The number of Topliss-reactive ketones (excluding diaryl/α,β-unsaturated/α-hetero) is 1. The highest BCUT2D eigenvalue weighted by Crippen LogP contribution is 2.52. The quantitative estimate of drug-likeness (QED) is 0.517. The van der Waals surface area contributed by atoms with Crippen LogP contribution in [0.4, 0.5) is 11.4 Å². The minimum absolute atomic E-state index is 0.0216. The third kappa shape index (κ3) is 3.09. The summed E-state index contributed by atoms with van der Waals surface area (Å²) in [6.45, 7) is 8.59. The molecule has 0 saturated heterocycles. The first-order chi connectivity index (χ1) is 17.1. The van der Waals surface area contributed by atoms with E-state index in [1.165, 1.54) is 11.1 Å². The maximum atomic E-state index is 13.7. The molecule has 1 fully saturated rings. The fraction of sp³-hybridized carbons (Fsp3) is 0.323. The van der Waals surface area contributed by atoms with Gasteiger partial charge in [0.1, 0.15) is 17.7 Å². The highest BCUT2D eigenvalue weighted by atomic mass is 16.1. The van der Waals surface area contributed by atoms with E-state index in [1.54, 1.807) is 0 Å². The molecule has 3 aliphatic rings. The molecule has 2 atom stereocenters. The summed E-state index contributed by atoms with van der Waals surface area (Å²) in [6, 6.07) is 20.6. The number of para-hydroxylation sites is 2. The Balaban J connectivity index is 1.59. The predicted molar refractivity (Wildman–Crippen MR) is 142 cm³/mol. The number of hydrogen-bond donors (Lipinski definition) is 0. The van der Waals surface area contributed by atoms with Crippen molar-refractivity contribution < 1.29 is 4.79 Å². The van der Waals surface area contributed by atoms with Gasteiger partial charge in [0.05, 0.1) is 11.8 Å². The van der Waals surface area contributed by atoms with Gasteiger partial charge in [0.25, 0.3) is 0 Å². The van der Waals surface area contributed by atoms with E-state index in [9.17, 15) is 15.3 Å². The third-order valence-electron chi connectivity index (χ3n) is 8.33. The van der Waals surface area contributed by atoms with Gasteiger partial charge in [0.2, 0.25) is 0 Å². The average molecular weight is 475 g/mol. The maximum absolute atomic E-state index is 13.7. The summed E-state index contributed by atoms with van der Waals surface area (Å²) >= 11 is 0. The Bertz CT molecular complexity index is 1370. The van der Waals surface area contributed by atoms with Gasteiger partial charge >= 0.3 is 0 Å². The molecule has 0 spiro atoms. The zero-order valence-corrected chi connectivity index (χ0v) is 21.6. The van der Waals surface area contributed by atoms with Crippen LogP contribution >= 0.6 is 0 Å². The number of nitriles is 2. The van der Waals surface area contributed by atoms with Gasteiger partial charge in [0.15, 0.2) is 5.78 Å². The van der Waals surface area contributed by atoms with Crippen LogP contribution in [0.1, 0.15) is 38.8 Å². The zero-order valence-electron chi connectivity index (χ0n) is 21.6. The van der Waals surface area contributed by atoms with E-state index < -0.39 is 11.8 Å². The number of hydrogen-bond acceptors (Lipinski definition) is 5. The predicted octanol–water partition coefficient (Wildman–Crippen LogP) is 5.77. The Morgan fingerprint density at radius 3 is 1.53 bits per heavy atom. The number of fused-ring (bicyclic) bond motifs is 2. The molecule has 2 aliphatic heterocycles. The first-order valence-corrected chi connectivity index (χ1v) is 12.2. The summed E-state index contributed by atoms with van der Waals surface area (Å²) in [5.74, 6) is -1.16. The van der Waals surface area contributed by atoms with Crippen molar-refractivity contribution in [3.8, 4) is 12.1 Å². The van der Waals surface area contributed by atoms with Gasteiger partial charge in [-0.1, -0.05) is 64.1 Å². The molecule has 2 aromatic rings. The van der Waals surface area contributed by atoms with Gasteiger partial charge in [-0.15, -0.1) is 0 Å². The van der Waals surface area contributed by atoms with Crippen LogP contribution in [-0.2, 0) is 15.6 Å². The van der Waals surface area contributed by atoms with Crippen molar-refractivity contribution in [2.24, 2.45) is 11.8 Å². The van der Waals surface area contributed by atoms with Crippen LogP contribution in [0, 0.1) is 34.5 Å². The molecular weight excluding hydrogens is 444 g/mol. The van der Waals surface area contributed by atoms with Gasteiger partial charge in [-0.2, -0.15) is 10.5 Å². The van der Waals surface area contributed by atoms with Crippen LogP contribution in [0.2, 0.25) is 0 Å². The van der Waals surface area contributed by atoms with Crippen LogP contribution in [0.3, 0.4) is 0 Å². The Kier molecular flexibility index (Phi) is 5.23. The van der Waals surface area contributed by atoms with Gasteiger partial charge in [0, 0.05) is 47.7 Å². The molecule has 36 heavy (non-hydrogen) atoms. The molecule has 2 heterocycles. The van der Waals surface area contributed by atoms with E-state index in [1.807, 2.05) is 50.5 Å². The molecule has 0 N–H and O–H groups in total. The van der Waals surface area contributed by atoms with Crippen molar-refractivity contribution in [2.45, 2.75) is 38.5 Å². The molecule has 5 nitrogen and oxygen atoms in total. The van der Waals surface area contributed by atoms with Crippen LogP contribution in [0.5, 0.6) is 0 Å². The van der Waals surface area contributed by atoms with Gasteiger partial charge < -0.3 is 9.80 Å². The van der Waals surface area contributed by atoms with E-state index in [0.29, 0.717) is 5.57 Å². The first kappa shape index (κ1) is 23.6. The lowest BCUT2D eigenvalue weighted by Gasteiger charge is -2.37. The summed E-state index contributed by atoms with van der Waals surface area (Å²) in [6.07, 6.45) is 3.94. The van der Waals surface area contributed by atoms with Crippen molar-refractivity contribution >= 4 is 17.2 Å². The second-order valence-electron chi connectivity index (χ2n) is 10.9. The van der Waals surface area contributed by atoms with Crippen molar-refractivity contribution in [1.29, 1.82) is 10.5 Å². The van der Waals surface area contributed by atoms with E-state index in [0.717, 1.165) is 22.8 Å². The minimum Gasteiger partial charge on any atom is -0.347 e. The van der Waals surface area contributed by atoms with Crippen molar-refractivity contribution in [2.75, 3.05) is 23.9 Å². The number of allylic oxidation sites excluding steroid dienone is 6. The van der Waals surface area contributed by atoms with Crippen molar-refractivity contribution in [1.82, 2.24) is 0 Å². The molecule has 1 saturated carbocycles. The summed E-state index contributed by atoms with van der Waals surface area (Å²) in [5.41, 5.74) is 6.67.